The zero-order valence-corrected chi connectivity index (χ0v) is 8.15. The van der Waals surface area contributed by atoms with E-state index in [1.165, 1.54) is 4.57 Å². The summed E-state index contributed by atoms with van der Waals surface area (Å²) in [6.07, 6.45) is 0. The Morgan fingerprint density at radius 2 is 2.21 bits per heavy atom. The van der Waals surface area contributed by atoms with Crippen LogP contribution in [0.5, 0.6) is 0 Å². The molecule has 4 heteroatoms. The zero-order chi connectivity index (χ0) is 10.3. The van der Waals surface area contributed by atoms with E-state index in [1.807, 2.05) is 19.1 Å². The molecule has 14 heavy (non-hydrogen) atoms. The molecule has 2 N–H and O–H groups in total. The summed E-state index contributed by atoms with van der Waals surface area (Å²) >= 11 is 0. The molecule has 0 aliphatic rings. The normalized spacial score (nSPS) is 13.4. The highest BCUT2D eigenvalue weighted by Crippen LogP contribution is 2.17. The maximum absolute atomic E-state index is 11.2. The lowest BCUT2D eigenvalue weighted by Gasteiger charge is -2.04. The summed E-state index contributed by atoms with van der Waals surface area (Å²) in [5.74, 6) is -0.346. The van der Waals surface area contributed by atoms with Gasteiger partial charge in [0.05, 0.1) is 5.52 Å². The summed E-state index contributed by atoms with van der Waals surface area (Å²) in [6, 6.07) is 5.49. The van der Waals surface area contributed by atoms with E-state index in [1.54, 1.807) is 13.1 Å². The van der Waals surface area contributed by atoms with Crippen molar-refractivity contribution in [3.05, 3.63) is 34.3 Å². The highest BCUT2D eigenvalue weighted by Gasteiger charge is 2.07. The molecule has 0 bridgehead atoms. The minimum atomic E-state index is -0.346. The van der Waals surface area contributed by atoms with Crippen molar-refractivity contribution in [2.45, 2.75) is 13.0 Å². The van der Waals surface area contributed by atoms with Gasteiger partial charge in [0.15, 0.2) is 5.58 Å². The Morgan fingerprint density at radius 1 is 1.50 bits per heavy atom. The minimum Gasteiger partial charge on any atom is -0.408 e. The van der Waals surface area contributed by atoms with Crippen LogP contribution >= 0.6 is 0 Å². The lowest BCUT2D eigenvalue weighted by molar-refractivity contribution is 0.528. The molecule has 0 aliphatic heterocycles. The first-order chi connectivity index (χ1) is 6.59. The van der Waals surface area contributed by atoms with Crippen molar-refractivity contribution in [3.8, 4) is 0 Å². The van der Waals surface area contributed by atoms with Crippen molar-refractivity contribution in [3.63, 3.8) is 0 Å². The van der Waals surface area contributed by atoms with E-state index in [-0.39, 0.29) is 11.8 Å². The topological polar surface area (TPSA) is 61.2 Å². The molecule has 1 unspecified atom stereocenters. The number of benzene rings is 1. The number of oxazole rings is 1. The minimum absolute atomic E-state index is 0.0376. The highest BCUT2D eigenvalue weighted by atomic mass is 16.4. The molecule has 0 saturated heterocycles. The van der Waals surface area contributed by atoms with Crippen LogP contribution in [0.4, 0.5) is 0 Å². The average Bonchev–Trinajstić information content (AvgIpc) is 2.43. The molecule has 0 spiro atoms. The van der Waals surface area contributed by atoms with Crippen LogP contribution in [0.15, 0.2) is 27.4 Å². The predicted molar refractivity (Wildman–Crippen MR) is 54.1 cm³/mol. The van der Waals surface area contributed by atoms with Crippen LogP contribution in [0, 0.1) is 0 Å². The second-order valence-corrected chi connectivity index (χ2v) is 3.44. The quantitative estimate of drug-likeness (QED) is 0.737. The van der Waals surface area contributed by atoms with Crippen molar-refractivity contribution in [2.75, 3.05) is 0 Å². The first-order valence-corrected chi connectivity index (χ1v) is 4.44. The summed E-state index contributed by atoms with van der Waals surface area (Å²) in [7, 11) is 1.68. The van der Waals surface area contributed by atoms with Crippen molar-refractivity contribution >= 4 is 11.1 Å². The van der Waals surface area contributed by atoms with Crippen LogP contribution in [0.25, 0.3) is 11.1 Å². The van der Waals surface area contributed by atoms with E-state index in [0.717, 1.165) is 11.1 Å². The van der Waals surface area contributed by atoms with E-state index >= 15 is 0 Å². The molecule has 1 heterocycles. The first kappa shape index (κ1) is 9.02. The van der Waals surface area contributed by atoms with Gasteiger partial charge in [-0.25, -0.2) is 4.79 Å². The van der Waals surface area contributed by atoms with Gasteiger partial charge in [0.2, 0.25) is 0 Å². The Bertz CT molecular complexity index is 522. The second-order valence-electron chi connectivity index (χ2n) is 3.44. The molecule has 0 radical (unpaired) electrons. The van der Waals surface area contributed by atoms with Gasteiger partial charge in [-0.1, -0.05) is 6.07 Å². The van der Waals surface area contributed by atoms with Crippen LogP contribution in [0.3, 0.4) is 0 Å². The van der Waals surface area contributed by atoms with E-state index in [0.29, 0.717) is 5.58 Å². The monoisotopic (exact) mass is 192 g/mol. The third-order valence-corrected chi connectivity index (χ3v) is 2.34. The molecule has 2 aromatic rings. The molecule has 0 aliphatic carbocycles. The third-order valence-electron chi connectivity index (χ3n) is 2.34. The Balaban J connectivity index is 2.76. The van der Waals surface area contributed by atoms with Gasteiger partial charge in [0.1, 0.15) is 0 Å². The van der Waals surface area contributed by atoms with Crippen molar-refractivity contribution < 1.29 is 4.42 Å². The summed E-state index contributed by atoms with van der Waals surface area (Å²) < 4.78 is 6.47. The Hall–Kier alpha value is -1.55. The lowest BCUT2D eigenvalue weighted by Crippen LogP contribution is -2.09. The molecule has 1 atom stereocenters. The maximum atomic E-state index is 11.2. The Morgan fingerprint density at radius 3 is 2.86 bits per heavy atom. The van der Waals surface area contributed by atoms with Gasteiger partial charge in [-0.05, 0) is 24.6 Å². The van der Waals surface area contributed by atoms with Crippen LogP contribution < -0.4 is 11.5 Å². The third kappa shape index (κ3) is 1.24. The zero-order valence-electron chi connectivity index (χ0n) is 8.15. The molecule has 0 amide bonds. The van der Waals surface area contributed by atoms with E-state index < -0.39 is 0 Å². The molecule has 2 rings (SSSR count). The molecular weight excluding hydrogens is 180 g/mol. The van der Waals surface area contributed by atoms with Crippen LogP contribution in [-0.4, -0.2) is 4.57 Å². The first-order valence-electron chi connectivity index (χ1n) is 4.44. The fourth-order valence-corrected chi connectivity index (χ4v) is 1.43. The number of fused-ring (bicyclic) bond motifs is 1. The number of aromatic nitrogens is 1. The summed E-state index contributed by atoms with van der Waals surface area (Å²) in [4.78, 5) is 11.2. The van der Waals surface area contributed by atoms with Gasteiger partial charge in [-0.2, -0.15) is 0 Å². The van der Waals surface area contributed by atoms with Gasteiger partial charge in [-0.15, -0.1) is 0 Å². The van der Waals surface area contributed by atoms with Crippen LogP contribution in [0.2, 0.25) is 0 Å². The van der Waals surface area contributed by atoms with Gasteiger partial charge in [0.25, 0.3) is 0 Å². The molecule has 1 aromatic carbocycles. The van der Waals surface area contributed by atoms with E-state index in [4.69, 9.17) is 10.2 Å². The molecule has 0 saturated carbocycles. The lowest BCUT2D eigenvalue weighted by atomic mass is 10.1. The molecule has 74 valence electrons. The Labute approximate surface area is 80.9 Å². The van der Waals surface area contributed by atoms with Crippen molar-refractivity contribution in [1.82, 2.24) is 4.57 Å². The highest BCUT2D eigenvalue weighted by molar-refractivity contribution is 5.73. The number of nitrogens with zero attached hydrogens (tertiary/aromatic N) is 1. The van der Waals surface area contributed by atoms with Crippen LogP contribution in [0.1, 0.15) is 18.5 Å². The van der Waals surface area contributed by atoms with Gasteiger partial charge in [-0.3, -0.25) is 4.57 Å². The maximum Gasteiger partial charge on any atom is 0.419 e. The SMILES string of the molecule is CC(N)c1ccc2oc(=O)n(C)c2c1. The van der Waals surface area contributed by atoms with E-state index in [2.05, 4.69) is 0 Å². The number of hydrogen-bond donors (Lipinski definition) is 1. The molecule has 0 fully saturated rings. The average molecular weight is 192 g/mol. The fourth-order valence-electron chi connectivity index (χ4n) is 1.43. The number of nitrogens with two attached hydrogens (primary N) is 1. The molecule has 1 aromatic heterocycles. The number of aryl methyl sites for hydroxylation is 1. The summed E-state index contributed by atoms with van der Waals surface area (Å²) in [5, 5.41) is 0. The van der Waals surface area contributed by atoms with Crippen LogP contribution in [-0.2, 0) is 7.05 Å². The number of rotatable bonds is 1. The summed E-state index contributed by atoms with van der Waals surface area (Å²) in [6.45, 7) is 1.90. The van der Waals surface area contributed by atoms with E-state index in [9.17, 15) is 4.79 Å². The largest absolute Gasteiger partial charge is 0.419 e. The standard InChI is InChI=1S/C10H12N2O2/c1-6(11)7-3-4-9-8(5-7)12(2)10(13)14-9/h3-6H,11H2,1-2H3. The van der Waals surface area contributed by atoms with Gasteiger partial charge >= 0.3 is 5.76 Å². The smallest absolute Gasteiger partial charge is 0.408 e. The van der Waals surface area contributed by atoms with Crippen molar-refractivity contribution in [1.29, 1.82) is 0 Å². The molecule has 4 nitrogen and oxygen atoms in total. The predicted octanol–water partition coefficient (Wildman–Crippen LogP) is 1.15. The summed E-state index contributed by atoms with van der Waals surface area (Å²) in [5.41, 5.74) is 8.12. The van der Waals surface area contributed by atoms with Gasteiger partial charge in [0, 0.05) is 13.1 Å². The molecular formula is C10H12N2O2. The fraction of sp³-hybridized carbons (Fsp3) is 0.300. The second kappa shape index (κ2) is 2.99. The number of hydrogen-bond acceptors (Lipinski definition) is 3. The van der Waals surface area contributed by atoms with Crippen molar-refractivity contribution in [2.24, 2.45) is 12.8 Å². The van der Waals surface area contributed by atoms with Gasteiger partial charge < -0.3 is 10.2 Å². The Kier molecular flexibility index (Phi) is 1.93.